The lowest BCUT2D eigenvalue weighted by Crippen LogP contribution is -2.48. The summed E-state index contributed by atoms with van der Waals surface area (Å²) >= 11 is 5.53. The summed E-state index contributed by atoms with van der Waals surface area (Å²) in [6.45, 7) is 5.72. The molecule has 7 nitrogen and oxygen atoms in total. The van der Waals surface area contributed by atoms with Crippen molar-refractivity contribution in [2.45, 2.75) is 26.3 Å². The first kappa shape index (κ1) is 21.8. The normalized spacial score (nSPS) is 16.6. The second kappa shape index (κ2) is 10.2. The lowest BCUT2D eigenvalue weighted by molar-refractivity contribution is -0.136. The molecule has 1 atom stereocenters. The fourth-order valence-corrected chi connectivity index (χ4v) is 3.42. The van der Waals surface area contributed by atoms with Gasteiger partial charge in [0.1, 0.15) is 0 Å². The number of allylic oxidation sites excluding steroid dienone is 1. The molecule has 0 aliphatic carbocycles. The van der Waals surface area contributed by atoms with E-state index < -0.39 is 18.0 Å². The molecule has 0 radical (unpaired) electrons. The standard InChI is InChI=1S/C20H26N2O5S/c1-5-27-12-6-11-22-13(2)16(19(24)26-4)17(21-20(22)28)14-7-9-15(10-8-14)18(23)25-3/h7-10,17H,5-6,11-12H2,1-4H3,(H,21,28)/t17-/m0/s1. The molecule has 0 saturated heterocycles. The number of nitrogens with zero attached hydrogens (tertiary/aromatic N) is 1. The summed E-state index contributed by atoms with van der Waals surface area (Å²) in [6, 6.07) is 6.39. The Morgan fingerprint density at radius 3 is 2.36 bits per heavy atom. The maximum Gasteiger partial charge on any atom is 0.337 e. The van der Waals surface area contributed by atoms with Gasteiger partial charge in [0.25, 0.3) is 0 Å². The lowest BCUT2D eigenvalue weighted by atomic mass is 9.94. The van der Waals surface area contributed by atoms with Crippen LogP contribution in [0.3, 0.4) is 0 Å². The van der Waals surface area contributed by atoms with Crippen LogP contribution in [0.2, 0.25) is 0 Å². The van der Waals surface area contributed by atoms with E-state index in [-0.39, 0.29) is 0 Å². The summed E-state index contributed by atoms with van der Waals surface area (Å²) in [7, 11) is 2.69. The van der Waals surface area contributed by atoms with Gasteiger partial charge in [0.15, 0.2) is 5.11 Å². The molecular formula is C20H26N2O5S. The maximum atomic E-state index is 12.5. The molecule has 0 bridgehead atoms. The average Bonchev–Trinajstić information content (AvgIpc) is 2.71. The number of methoxy groups -OCH3 is 2. The molecule has 1 heterocycles. The Balaban J connectivity index is 2.33. The van der Waals surface area contributed by atoms with E-state index in [1.807, 2.05) is 18.7 Å². The zero-order valence-corrected chi connectivity index (χ0v) is 17.4. The Hall–Kier alpha value is -2.45. The first-order valence-electron chi connectivity index (χ1n) is 9.07. The minimum atomic E-state index is -0.463. The highest BCUT2D eigenvalue weighted by atomic mass is 32.1. The molecule has 1 aromatic carbocycles. The van der Waals surface area contributed by atoms with Crippen molar-refractivity contribution >= 4 is 29.3 Å². The SMILES string of the molecule is CCOCCCN1C(=S)N[C@@H](c2ccc(C(=O)OC)cc2)C(C(=O)OC)=C1C. The van der Waals surface area contributed by atoms with Crippen molar-refractivity contribution in [3.63, 3.8) is 0 Å². The van der Waals surface area contributed by atoms with Crippen molar-refractivity contribution in [2.75, 3.05) is 34.0 Å². The molecule has 1 aliphatic rings. The van der Waals surface area contributed by atoms with Gasteiger partial charge in [-0.3, -0.25) is 0 Å². The van der Waals surface area contributed by atoms with Crippen LogP contribution in [-0.2, 0) is 19.0 Å². The number of benzene rings is 1. The number of carbonyl (C=O) groups excluding carboxylic acids is 2. The molecule has 0 fully saturated rings. The van der Waals surface area contributed by atoms with Crippen molar-refractivity contribution in [3.05, 3.63) is 46.7 Å². The van der Waals surface area contributed by atoms with Gasteiger partial charge in [0.05, 0.1) is 31.4 Å². The van der Waals surface area contributed by atoms with Crippen LogP contribution in [0.5, 0.6) is 0 Å². The summed E-state index contributed by atoms with van der Waals surface area (Å²) in [5, 5.41) is 3.75. The molecule has 1 aliphatic heterocycles. The number of esters is 2. The molecule has 8 heteroatoms. The molecular weight excluding hydrogens is 380 g/mol. The van der Waals surface area contributed by atoms with Crippen LogP contribution in [0.4, 0.5) is 0 Å². The van der Waals surface area contributed by atoms with Gasteiger partial charge in [0.2, 0.25) is 0 Å². The van der Waals surface area contributed by atoms with Crippen molar-refractivity contribution in [1.29, 1.82) is 0 Å². The summed E-state index contributed by atoms with van der Waals surface area (Å²) < 4.78 is 15.1. The zero-order valence-electron chi connectivity index (χ0n) is 16.6. The van der Waals surface area contributed by atoms with E-state index in [0.717, 1.165) is 17.7 Å². The highest BCUT2D eigenvalue weighted by Crippen LogP contribution is 2.31. The highest BCUT2D eigenvalue weighted by Gasteiger charge is 2.34. The van der Waals surface area contributed by atoms with E-state index in [1.54, 1.807) is 24.3 Å². The minimum absolute atomic E-state index is 0.418. The Morgan fingerprint density at radius 1 is 1.14 bits per heavy atom. The van der Waals surface area contributed by atoms with Crippen LogP contribution >= 0.6 is 12.2 Å². The number of ether oxygens (including phenoxy) is 3. The Morgan fingerprint density at radius 2 is 1.79 bits per heavy atom. The van der Waals surface area contributed by atoms with E-state index in [4.69, 9.17) is 26.4 Å². The molecule has 1 aromatic rings. The fraction of sp³-hybridized carbons (Fsp3) is 0.450. The van der Waals surface area contributed by atoms with Gasteiger partial charge < -0.3 is 24.4 Å². The van der Waals surface area contributed by atoms with Crippen molar-refractivity contribution < 1.29 is 23.8 Å². The number of hydrogen-bond donors (Lipinski definition) is 1. The van der Waals surface area contributed by atoms with Crippen LogP contribution in [-0.4, -0.2) is 55.9 Å². The Labute approximate surface area is 170 Å². The van der Waals surface area contributed by atoms with E-state index in [1.165, 1.54) is 14.2 Å². The zero-order chi connectivity index (χ0) is 20.7. The van der Waals surface area contributed by atoms with Gasteiger partial charge in [-0.05, 0) is 50.2 Å². The molecule has 0 saturated carbocycles. The summed E-state index contributed by atoms with van der Waals surface area (Å²) in [5.74, 6) is -0.844. The maximum absolute atomic E-state index is 12.5. The quantitative estimate of drug-likeness (QED) is 0.401. The van der Waals surface area contributed by atoms with E-state index in [2.05, 4.69) is 5.32 Å². The van der Waals surface area contributed by atoms with Crippen molar-refractivity contribution in [3.8, 4) is 0 Å². The van der Waals surface area contributed by atoms with Gasteiger partial charge in [-0.1, -0.05) is 12.1 Å². The molecule has 0 amide bonds. The first-order valence-corrected chi connectivity index (χ1v) is 9.48. The monoisotopic (exact) mass is 406 g/mol. The van der Waals surface area contributed by atoms with Gasteiger partial charge in [-0.15, -0.1) is 0 Å². The topological polar surface area (TPSA) is 77.1 Å². The number of rotatable bonds is 8. The van der Waals surface area contributed by atoms with Gasteiger partial charge in [-0.2, -0.15) is 0 Å². The molecule has 2 rings (SSSR count). The van der Waals surface area contributed by atoms with Crippen LogP contribution in [0.1, 0.15) is 42.2 Å². The third-order valence-electron chi connectivity index (χ3n) is 4.54. The third-order valence-corrected chi connectivity index (χ3v) is 4.88. The van der Waals surface area contributed by atoms with E-state index in [9.17, 15) is 9.59 Å². The Kier molecular flexibility index (Phi) is 7.95. The molecule has 28 heavy (non-hydrogen) atoms. The predicted octanol–water partition coefficient (Wildman–Crippen LogP) is 2.58. The third kappa shape index (κ3) is 4.88. The molecule has 1 N–H and O–H groups in total. The van der Waals surface area contributed by atoms with Gasteiger partial charge >= 0.3 is 11.9 Å². The Bertz CT molecular complexity index is 760. The predicted molar refractivity (Wildman–Crippen MR) is 109 cm³/mol. The van der Waals surface area contributed by atoms with Crippen LogP contribution in [0, 0.1) is 0 Å². The number of carbonyl (C=O) groups is 2. The van der Waals surface area contributed by atoms with E-state index in [0.29, 0.717) is 36.0 Å². The van der Waals surface area contributed by atoms with Crippen molar-refractivity contribution in [2.24, 2.45) is 0 Å². The average molecular weight is 407 g/mol. The highest BCUT2D eigenvalue weighted by molar-refractivity contribution is 7.80. The van der Waals surface area contributed by atoms with Crippen LogP contribution < -0.4 is 5.32 Å². The van der Waals surface area contributed by atoms with Crippen molar-refractivity contribution in [1.82, 2.24) is 10.2 Å². The smallest absolute Gasteiger partial charge is 0.337 e. The number of hydrogen-bond acceptors (Lipinski definition) is 6. The molecule has 0 spiro atoms. The summed E-state index contributed by atoms with van der Waals surface area (Å²) in [4.78, 5) is 26.1. The minimum Gasteiger partial charge on any atom is -0.466 e. The second-order valence-electron chi connectivity index (χ2n) is 6.19. The number of thiocarbonyl (C=S) groups is 1. The van der Waals surface area contributed by atoms with Crippen LogP contribution in [0.15, 0.2) is 35.5 Å². The van der Waals surface area contributed by atoms with E-state index >= 15 is 0 Å². The lowest BCUT2D eigenvalue weighted by Gasteiger charge is -2.37. The fourth-order valence-electron chi connectivity index (χ4n) is 3.07. The van der Waals surface area contributed by atoms with Crippen LogP contribution in [0.25, 0.3) is 0 Å². The molecule has 152 valence electrons. The molecule has 0 unspecified atom stereocenters. The van der Waals surface area contributed by atoms with Gasteiger partial charge in [0, 0.05) is 25.5 Å². The largest absolute Gasteiger partial charge is 0.466 e. The molecule has 0 aromatic heterocycles. The summed E-state index contributed by atoms with van der Waals surface area (Å²) in [5.41, 5.74) is 2.46. The number of nitrogens with one attached hydrogen (secondary N) is 1. The summed E-state index contributed by atoms with van der Waals surface area (Å²) in [6.07, 6.45) is 0.778. The first-order chi connectivity index (χ1) is 13.4. The second-order valence-corrected chi connectivity index (χ2v) is 6.58. The van der Waals surface area contributed by atoms with Gasteiger partial charge in [-0.25, -0.2) is 9.59 Å².